The molecule has 0 saturated heterocycles. The highest BCUT2D eigenvalue weighted by Gasteiger charge is 2.23. The minimum absolute atomic E-state index is 0.114. The first-order valence-electron chi connectivity index (χ1n) is 6.08. The van der Waals surface area contributed by atoms with Gasteiger partial charge in [0.2, 0.25) is 5.88 Å². The molecule has 2 heterocycles. The number of hydrogen-bond acceptors (Lipinski definition) is 4. The van der Waals surface area contributed by atoms with E-state index in [4.69, 9.17) is 16.3 Å². The summed E-state index contributed by atoms with van der Waals surface area (Å²) in [6.07, 6.45) is 0. The highest BCUT2D eigenvalue weighted by atomic mass is 127. The van der Waals surface area contributed by atoms with Crippen LogP contribution in [0.4, 0.5) is 0 Å². The third-order valence-electron chi connectivity index (χ3n) is 2.68. The molecule has 0 aromatic carbocycles. The van der Waals surface area contributed by atoms with E-state index in [9.17, 15) is 0 Å². The van der Waals surface area contributed by atoms with Gasteiger partial charge in [0, 0.05) is 11.5 Å². The molecule has 2 rings (SSSR count). The van der Waals surface area contributed by atoms with Gasteiger partial charge < -0.3 is 4.74 Å². The SMILES string of the molecule is COc1cccc(-c2nc(Cl)c(I)c(C(C)(C)C)n2)n1. The molecule has 0 fully saturated rings. The van der Waals surface area contributed by atoms with E-state index in [2.05, 4.69) is 58.3 Å². The van der Waals surface area contributed by atoms with Gasteiger partial charge in [-0.1, -0.05) is 38.4 Å². The molecule has 0 atom stereocenters. The highest BCUT2D eigenvalue weighted by molar-refractivity contribution is 14.1. The van der Waals surface area contributed by atoms with Gasteiger partial charge in [-0.2, -0.15) is 0 Å². The van der Waals surface area contributed by atoms with Crippen LogP contribution in [-0.4, -0.2) is 22.1 Å². The predicted octanol–water partition coefficient (Wildman–Crippen LogP) is 4.10. The van der Waals surface area contributed by atoms with Crippen molar-refractivity contribution in [1.82, 2.24) is 15.0 Å². The van der Waals surface area contributed by atoms with Crippen molar-refractivity contribution in [1.29, 1.82) is 0 Å². The van der Waals surface area contributed by atoms with Gasteiger partial charge in [-0.05, 0) is 28.7 Å². The summed E-state index contributed by atoms with van der Waals surface area (Å²) < 4.78 is 6.00. The van der Waals surface area contributed by atoms with Gasteiger partial charge >= 0.3 is 0 Å². The molecule has 0 aliphatic heterocycles. The van der Waals surface area contributed by atoms with Gasteiger partial charge in [-0.25, -0.2) is 15.0 Å². The number of hydrogen-bond donors (Lipinski definition) is 0. The standard InChI is InChI=1S/C14H15ClIN3O/c1-14(2,3)11-10(16)12(15)19-13(18-11)8-6-5-7-9(17-8)20-4/h5-7H,1-4H3. The zero-order valence-corrected chi connectivity index (χ0v) is 14.7. The first-order chi connectivity index (χ1) is 9.32. The topological polar surface area (TPSA) is 47.9 Å². The van der Waals surface area contributed by atoms with E-state index in [0.717, 1.165) is 9.26 Å². The Hall–Kier alpha value is -0.950. The molecule has 4 nitrogen and oxygen atoms in total. The summed E-state index contributed by atoms with van der Waals surface area (Å²) in [5, 5.41) is 0.449. The third kappa shape index (κ3) is 3.20. The van der Waals surface area contributed by atoms with E-state index in [1.807, 2.05) is 12.1 Å². The van der Waals surface area contributed by atoms with Crippen molar-refractivity contribution in [3.8, 4) is 17.4 Å². The molecule has 2 aromatic rings. The lowest BCUT2D eigenvalue weighted by molar-refractivity contribution is 0.398. The second-order valence-corrected chi connectivity index (χ2v) is 6.75. The maximum absolute atomic E-state index is 6.23. The maximum atomic E-state index is 6.23. The number of halogens is 2. The number of methoxy groups -OCH3 is 1. The van der Waals surface area contributed by atoms with Crippen LogP contribution in [0.25, 0.3) is 11.5 Å². The van der Waals surface area contributed by atoms with Crippen molar-refractivity contribution in [3.63, 3.8) is 0 Å². The normalized spacial score (nSPS) is 11.5. The van der Waals surface area contributed by atoms with Crippen LogP contribution in [0.5, 0.6) is 5.88 Å². The Labute approximate surface area is 137 Å². The molecule has 0 radical (unpaired) electrons. The van der Waals surface area contributed by atoms with Gasteiger partial charge in [0.25, 0.3) is 0 Å². The van der Waals surface area contributed by atoms with E-state index >= 15 is 0 Å². The van der Waals surface area contributed by atoms with Crippen molar-refractivity contribution >= 4 is 34.2 Å². The number of ether oxygens (including phenoxy) is 1. The fraction of sp³-hybridized carbons (Fsp3) is 0.357. The summed E-state index contributed by atoms with van der Waals surface area (Å²) in [6, 6.07) is 5.48. The smallest absolute Gasteiger partial charge is 0.213 e. The van der Waals surface area contributed by atoms with Gasteiger partial charge in [0.15, 0.2) is 5.82 Å². The van der Waals surface area contributed by atoms with E-state index in [1.54, 1.807) is 13.2 Å². The fourth-order valence-corrected chi connectivity index (χ4v) is 2.90. The lowest BCUT2D eigenvalue weighted by Crippen LogP contribution is -2.17. The Kier molecular flexibility index (Phi) is 4.49. The molecule has 0 aliphatic rings. The fourth-order valence-electron chi connectivity index (χ4n) is 1.68. The minimum atomic E-state index is -0.114. The van der Waals surface area contributed by atoms with Gasteiger partial charge in [0.1, 0.15) is 10.8 Å². The largest absolute Gasteiger partial charge is 0.481 e. The Bertz CT molecular complexity index is 641. The van der Waals surface area contributed by atoms with Crippen LogP contribution < -0.4 is 4.74 Å². The molecule has 0 bridgehead atoms. The van der Waals surface area contributed by atoms with Crippen LogP contribution >= 0.6 is 34.2 Å². The molecule has 0 spiro atoms. The summed E-state index contributed by atoms with van der Waals surface area (Å²) in [5.74, 6) is 1.04. The molecule has 0 unspecified atom stereocenters. The second-order valence-electron chi connectivity index (χ2n) is 5.32. The zero-order valence-electron chi connectivity index (χ0n) is 11.7. The minimum Gasteiger partial charge on any atom is -0.481 e. The summed E-state index contributed by atoms with van der Waals surface area (Å²) in [7, 11) is 1.58. The predicted molar refractivity (Wildman–Crippen MR) is 88.2 cm³/mol. The lowest BCUT2D eigenvalue weighted by atomic mass is 9.92. The maximum Gasteiger partial charge on any atom is 0.213 e. The number of aromatic nitrogens is 3. The van der Waals surface area contributed by atoms with Crippen molar-refractivity contribution in [3.05, 3.63) is 32.6 Å². The van der Waals surface area contributed by atoms with E-state index in [-0.39, 0.29) is 5.41 Å². The van der Waals surface area contributed by atoms with E-state index in [1.165, 1.54) is 0 Å². The van der Waals surface area contributed by atoms with Crippen LogP contribution in [0, 0.1) is 3.57 Å². The molecule has 20 heavy (non-hydrogen) atoms. The van der Waals surface area contributed by atoms with Crippen molar-refractivity contribution in [2.24, 2.45) is 0 Å². The summed E-state index contributed by atoms with van der Waals surface area (Å²) >= 11 is 8.41. The average Bonchev–Trinajstić information content (AvgIpc) is 2.40. The molecule has 0 saturated carbocycles. The van der Waals surface area contributed by atoms with E-state index < -0.39 is 0 Å². The molecule has 2 aromatic heterocycles. The summed E-state index contributed by atoms with van der Waals surface area (Å²) in [5.41, 5.74) is 1.45. The molecule has 6 heteroatoms. The van der Waals surface area contributed by atoms with Crippen LogP contribution in [-0.2, 0) is 5.41 Å². The molecular weight excluding hydrogens is 389 g/mol. The van der Waals surface area contributed by atoms with Crippen LogP contribution in [0.3, 0.4) is 0 Å². The number of pyridine rings is 1. The number of nitrogens with zero attached hydrogens (tertiary/aromatic N) is 3. The number of rotatable bonds is 2. The first kappa shape index (κ1) is 15.4. The lowest BCUT2D eigenvalue weighted by Gasteiger charge is -2.20. The van der Waals surface area contributed by atoms with Crippen molar-refractivity contribution in [2.45, 2.75) is 26.2 Å². The molecule has 0 amide bonds. The van der Waals surface area contributed by atoms with Crippen LogP contribution in [0.15, 0.2) is 18.2 Å². The average molecular weight is 404 g/mol. The summed E-state index contributed by atoms with van der Waals surface area (Å²) in [4.78, 5) is 13.3. The second kappa shape index (κ2) is 5.81. The molecule has 106 valence electrons. The Morgan fingerprint density at radius 1 is 1.15 bits per heavy atom. The third-order valence-corrected chi connectivity index (χ3v) is 4.30. The Morgan fingerprint density at radius 3 is 2.45 bits per heavy atom. The quantitative estimate of drug-likeness (QED) is 0.559. The van der Waals surface area contributed by atoms with Crippen LogP contribution in [0.2, 0.25) is 5.15 Å². The molecule has 0 N–H and O–H groups in total. The van der Waals surface area contributed by atoms with Crippen molar-refractivity contribution in [2.75, 3.05) is 7.11 Å². The molecule has 0 aliphatic carbocycles. The van der Waals surface area contributed by atoms with Gasteiger partial charge in [-0.3, -0.25) is 0 Å². The van der Waals surface area contributed by atoms with Crippen LogP contribution in [0.1, 0.15) is 26.5 Å². The van der Waals surface area contributed by atoms with E-state index in [0.29, 0.717) is 22.6 Å². The van der Waals surface area contributed by atoms with Gasteiger partial charge in [0.05, 0.1) is 16.4 Å². The Morgan fingerprint density at radius 2 is 1.85 bits per heavy atom. The molecular formula is C14H15ClIN3O. The zero-order chi connectivity index (χ0) is 14.9. The van der Waals surface area contributed by atoms with Gasteiger partial charge in [-0.15, -0.1) is 0 Å². The first-order valence-corrected chi connectivity index (χ1v) is 7.53. The Balaban J connectivity index is 2.60. The monoisotopic (exact) mass is 403 g/mol. The highest BCUT2D eigenvalue weighted by Crippen LogP contribution is 2.31. The van der Waals surface area contributed by atoms with Crippen molar-refractivity contribution < 1.29 is 4.74 Å². The summed E-state index contributed by atoms with van der Waals surface area (Å²) in [6.45, 7) is 6.28.